The molecule has 1 aromatic carbocycles. The van der Waals surface area contributed by atoms with Crippen LogP contribution in [0, 0.1) is 0 Å². The second-order valence-corrected chi connectivity index (χ2v) is 3.61. The van der Waals surface area contributed by atoms with Crippen LogP contribution in [0.25, 0.3) is 0 Å². The normalized spacial score (nSPS) is 14.2. The van der Waals surface area contributed by atoms with Crippen LogP contribution < -0.4 is 5.32 Å². The third-order valence-electron chi connectivity index (χ3n) is 2.42. The summed E-state index contributed by atoms with van der Waals surface area (Å²) >= 11 is 0. The van der Waals surface area contributed by atoms with Gasteiger partial charge in [-0.2, -0.15) is 0 Å². The Morgan fingerprint density at radius 3 is 2.50 bits per heavy atom. The second-order valence-electron chi connectivity index (χ2n) is 3.61. The zero-order chi connectivity index (χ0) is 12.0. The maximum absolute atomic E-state index is 11.6. The van der Waals surface area contributed by atoms with Crippen LogP contribution in [0.3, 0.4) is 0 Å². The maximum Gasteiger partial charge on any atom is 0.253 e. The Morgan fingerprint density at radius 2 is 2.00 bits per heavy atom. The Balaban J connectivity index is 2.61. The van der Waals surface area contributed by atoms with Gasteiger partial charge in [0.15, 0.2) is 6.10 Å². The molecule has 0 fully saturated rings. The van der Waals surface area contributed by atoms with Gasteiger partial charge >= 0.3 is 0 Å². The van der Waals surface area contributed by atoms with E-state index >= 15 is 0 Å². The van der Waals surface area contributed by atoms with Gasteiger partial charge in [0.2, 0.25) is 0 Å². The molecule has 2 atom stereocenters. The molecule has 1 unspecified atom stereocenters. The Morgan fingerprint density at radius 1 is 1.38 bits per heavy atom. The third kappa shape index (κ3) is 3.32. The van der Waals surface area contributed by atoms with E-state index in [4.69, 9.17) is 5.11 Å². The van der Waals surface area contributed by atoms with Gasteiger partial charge in [0.25, 0.3) is 5.91 Å². The molecule has 0 aliphatic carbocycles. The van der Waals surface area contributed by atoms with Crippen LogP contribution in [0.4, 0.5) is 0 Å². The van der Waals surface area contributed by atoms with Crippen molar-refractivity contribution in [1.29, 1.82) is 0 Å². The molecule has 16 heavy (non-hydrogen) atoms. The molecule has 0 radical (unpaired) electrons. The summed E-state index contributed by atoms with van der Waals surface area (Å²) in [5.74, 6) is -0.480. The van der Waals surface area contributed by atoms with Gasteiger partial charge in [0.05, 0.1) is 12.6 Å². The number of aliphatic hydroxyl groups excluding tert-OH is 2. The quantitative estimate of drug-likeness (QED) is 0.685. The van der Waals surface area contributed by atoms with Crippen molar-refractivity contribution in [2.24, 2.45) is 0 Å². The van der Waals surface area contributed by atoms with Gasteiger partial charge in [-0.05, 0) is 12.0 Å². The summed E-state index contributed by atoms with van der Waals surface area (Å²) in [6.45, 7) is 1.74. The average molecular weight is 223 g/mol. The predicted molar refractivity (Wildman–Crippen MR) is 60.7 cm³/mol. The van der Waals surface area contributed by atoms with Crippen molar-refractivity contribution >= 4 is 5.91 Å². The van der Waals surface area contributed by atoms with E-state index in [1.54, 1.807) is 24.3 Å². The van der Waals surface area contributed by atoms with E-state index in [0.29, 0.717) is 12.0 Å². The summed E-state index contributed by atoms with van der Waals surface area (Å²) in [5, 5.41) is 21.2. The molecule has 0 saturated heterocycles. The van der Waals surface area contributed by atoms with Crippen molar-refractivity contribution in [3.8, 4) is 0 Å². The van der Waals surface area contributed by atoms with Crippen molar-refractivity contribution in [2.45, 2.75) is 25.5 Å². The van der Waals surface area contributed by atoms with E-state index in [1.807, 2.05) is 13.0 Å². The van der Waals surface area contributed by atoms with Crippen LogP contribution in [0.2, 0.25) is 0 Å². The molecule has 0 saturated carbocycles. The number of aliphatic hydroxyl groups is 2. The highest BCUT2D eigenvalue weighted by Crippen LogP contribution is 2.12. The molecule has 0 spiro atoms. The smallest absolute Gasteiger partial charge is 0.253 e. The number of hydrogen-bond acceptors (Lipinski definition) is 3. The van der Waals surface area contributed by atoms with Crippen LogP contribution in [0.15, 0.2) is 30.3 Å². The van der Waals surface area contributed by atoms with E-state index in [1.165, 1.54) is 0 Å². The van der Waals surface area contributed by atoms with Crippen LogP contribution in [0.5, 0.6) is 0 Å². The van der Waals surface area contributed by atoms with Crippen LogP contribution in [-0.2, 0) is 4.79 Å². The highest BCUT2D eigenvalue weighted by atomic mass is 16.3. The third-order valence-corrected chi connectivity index (χ3v) is 2.42. The van der Waals surface area contributed by atoms with Gasteiger partial charge in [-0.25, -0.2) is 0 Å². The van der Waals surface area contributed by atoms with Crippen LogP contribution in [-0.4, -0.2) is 28.8 Å². The topological polar surface area (TPSA) is 69.6 Å². The number of nitrogens with one attached hydrogen (secondary N) is 1. The lowest BCUT2D eigenvalue weighted by molar-refractivity contribution is -0.130. The number of benzene rings is 1. The highest BCUT2D eigenvalue weighted by Gasteiger charge is 2.19. The molecule has 0 heterocycles. The Bertz CT molecular complexity index is 322. The van der Waals surface area contributed by atoms with Crippen molar-refractivity contribution in [2.75, 3.05) is 6.61 Å². The molecular weight excluding hydrogens is 206 g/mol. The van der Waals surface area contributed by atoms with E-state index in [9.17, 15) is 9.90 Å². The fourth-order valence-corrected chi connectivity index (χ4v) is 1.34. The molecule has 1 aromatic rings. The second kappa shape index (κ2) is 6.25. The Labute approximate surface area is 94.9 Å². The molecular formula is C12H17NO3. The molecule has 3 N–H and O–H groups in total. The van der Waals surface area contributed by atoms with E-state index < -0.39 is 12.0 Å². The fourth-order valence-electron chi connectivity index (χ4n) is 1.34. The minimum Gasteiger partial charge on any atom is -0.394 e. The lowest BCUT2D eigenvalue weighted by Gasteiger charge is -2.17. The van der Waals surface area contributed by atoms with Gasteiger partial charge in [-0.15, -0.1) is 0 Å². The predicted octanol–water partition coefficient (Wildman–Crippen LogP) is 0.607. The summed E-state index contributed by atoms with van der Waals surface area (Å²) in [7, 11) is 0. The summed E-state index contributed by atoms with van der Waals surface area (Å²) in [6.07, 6.45) is -0.550. The summed E-state index contributed by atoms with van der Waals surface area (Å²) in [5.41, 5.74) is 0.549. The first-order valence-corrected chi connectivity index (χ1v) is 5.33. The number of rotatable bonds is 5. The van der Waals surface area contributed by atoms with Gasteiger partial charge in [-0.1, -0.05) is 37.3 Å². The molecule has 0 bridgehead atoms. The van der Waals surface area contributed by atoms with Crippen molar-refractivity contribution < 1.29 is 15.0 Å². The Kier molecular flexibility index (Phi) is 4.95. The lowest BCUT2D eigenvalue weighted by atomic mass is 10.1. The van der Waals surface area contributed by atoms with Gasteiger partial charge < -0.3 is 15.5 Å². The van der Waals surface area contributed by atoms with E-state index in [-0.39, 0.29) is 12.6 Å². The molecule has 1 amide bonds. The fraction of sp³-hybridized carbons (Fsp3) is 0.417. The molecule has 88 valence electrons. The van der Waals surface area contributed by atoms with Crippen LogP contribution in [0.1, 0.15) is 25.0 Å². The van der Waals surface area contributed by atoms with E-state index in [2.05, 4.69) is 5.32 Å². The van der Waals surface area contributed by atoms with Crippen molar-refractivity contribution in [3.05, 3.63) is 35.9 Å². The summed E-state index contributed by atoms with van der Waals surface area (Å²) < 4.78 is 0. The van der Waals surface area contributed by atoms with E-state index in [0.717, 1.165) is 0 Å². The first-order valence-electron chi connectivity index (χ1n) is 5.33. The minimum absolute atomic E-state index is 0.121. The minimum atomic E-state index is -1.18. The maximum atomic E-state index is 11.6. The van der Waals surface area contributed by atoms with Crippen LogP contribution >= 0.6 is 0 Å². The standard InChI is InChI=1S/C12H17NO3/c1-2-10(8-14)13-12(16)11(15)9-6-4-3-5-7-9/h3-7,10-11,14-15H,2,8H2,1H3,(H,13,16)/t10?,11-/m0/s1. The zero-order valence-corrected chi connectivity index (χ0v) is 9.26. The first-order chi connectivity index (χ1) is 7.69. The number of carbonyl (C=O) groups is 1. The molecule has 4 nitrogen and oxygen atoms in total. The lowest BCUT2D eigenvalue weighted by Crippen LogP contribution is -2.39. The molecule has 1 rings (SSSR count). The number of amides is 1. The largest absolute Gasteiger partial charge is 0.394 e. The molecule has 0 aliphatic heterocycles. The summed E-state index contributed by atoms with van der Waals surface area (Å²) in [4.78, 5) is 11.6. The molecule has 0 aromatic heterocycles. The first kappa shape index (κ1) is 12.7. The Hall–Kier alpha value is -1.39. The molecule has 4 heteroatoms. The molecule has 0 aliphatic rings. The number of hydrogen-bond donors (Lipinski definition) is 3. The monoisotopic (exact) mass is 223 g/mol. The van der Waals surface area contributed by atoms with Crippen molar-refractivity contribution in [3.63, 3.8) is 0 Å². The van der Waals surface area contributed by atoms with Gasteiger partial charge in [-0.3, -0.25) is 4.79 Å². The average Bonchev–Trinajstić information content (AvgIpc) is 2.35. The van der Waals surface area contributed by atoms with Gasteiger partial charge in [0, 0.05) is 0 Å². The number of carbonyl (C=O) groups excluding carboxylic acids is 1. The zero-order valence-electron chi connectivity index (χ0n) is 9.26. The van der Waals surface area contributed by atoms with Gasteiger partial charge in [0.1, 0.15) is 0 Å². The van der Waals surface area contributed by atoms with Crippen molar-refractivity contribution in [1.82, 2.24) is 5.32 Å². The summed E-state index contributed by atoms with van der Waals surface area (Å²) in [6, 6.07) is 8.40. The highest BCUT2D eigenvalue weighted by molar-refractivity contribution is 5.82. The SMILES string of the molecule is CCC(CO)NC(=O)[C@@H](O)c1ccccc1.